The van der Waals surface area contributed by atoms with Crippen molar-refractivity contribution in [1.29, 1.82) is 0 Å². The van der Waals surface area contributed by atoms with Gasteiger partial charge in [-0.15, -0.1) is 24.0 Å². The van der Waals surface area contributed by atoms with Crippen LogP contribution in [0.3, 0.4) is 0 Å². The van der Waals surface area contributed by atoms with Crippen LogP contribution in [-0.2, 0) is 6.54 Å². The van der Waals surface area contributed by atoms with Gasteiger partial charge in [0.15, 0.2) is 5.96 Å². The van der Waals surface area contributed by atoms with Crippen molar-refractivity contribution in [2.75, 3.05) is 25.0 Å². The molecule has 0 radical (unpaired) electrons. The Morgan fingerprint density at radius 1 is 1.26 bits per heavy atom. The molecular formula is C22H26ClIN6O. The van der Waals surface area contributed by atoms with E-state index in [1.807, 2.05) is 24.3 Å². The number of hydrogen-bond acceptors (Lipinski definition) is 5. The van der Waals surface area contributed by atoms with Crippen LogP contribution in [0.25, 0.3) is 11.4 Å². The minimum atomic E-state index is 0. The molecule has 1 aromatic heterocycles. The van der Waals surface area contributed by atoms with Gasteiger partial charge >= 0.3 is 0 Å². The monoisotopic (exact) mass is 552 g/mol. The normalized spacial score (nSPS) is 16.2. The fourth-order valence-corrected chi connectivity index (χ4v) is 3.68. The van der Waals surface area contributed by atoms with Crippen LogP contribution < -0.4 is 15.5 Å². The van der Waals surface area contributed by atoms with E-state index in [2.05, 4.69) is 61.9 Å². The van der Waals surface area contributed by atoms with E-state index in [1.54, 1.807) is 7.05 Å². The van der Waals surface area contributed by atoms with Crippen molar-refractivity contribution in [3.05, 3.63) is 65.0 Å². The smallest absolute Gasteiger partial charge is 0.246 e. The predicted molar refractivity (Wildman–Crippen MR) is 135 cm³/mol. The maximum Gasteiger partial charge on any atom is 0.246 e. The first kappa shape index (κ1) is 23.3. The SMILES string of the molecule is CN=C(NCc1nc(-c2cccc(Cl)c2)no1)NC1CCN(c2ccc(C)cc2)C1.I. The molecule has 2 aromatic carbocycles. The average Bonchev–Trinajstić information content (AvgIpc) is 3.41. The first-order valence-corrected chi connectivity index (χ1v) is 10.4. The van der Waals surface area contributed by atoms with Crippen molar-refractivity contribution in [3.8, 4) is 11.4 Å². The number of hydrogen-bond donors (Lipinski definition) is 2. The van der Waals surface area contributed by atoms with Gasteiger partial charge in [-0.1, -0.05) is 46.6 Å². The second-order valence-corrected chi connectivity index (χ2v) is 7.80. The molecule has 9 heteroatoms. The van der Waals surface area contributed by atoms with Gasteiger partial charge < -0.3 is 20.1 Å². The molecule has 0 saturated carbocycles. The summed E-state index contributed by atoms with van der Waals surface area (Å²) in [6.07, 6.45) is 1.05. The number of rotatable bonds is 5. The molecule has 0 bridgehead atoms. The van der Waals surface area contributed by atoms with Gasteiger partial charge in [0.25, 0.3) is 0 Å². The van der Waals surface area contributed by atoms with Crippen molar-refractivity contribution < 1.29 is 4.52 Å². The van der Waals surface area contributed by atoms with Gasteiger partial charge in [0.05, 0.1) is 6.54 Å². The van der Waals surface area contributed by atoms with Crippen LogP contribution in [0.15, 0.2) is 58.0 Å². The van der Waals surface area contributed by atoms with Crippen molar-refractivity contribution in [2.24, 2.45) is 4.99 Å². The van der Waals surface area contributed by atoms with Gasteiger partial charge in [-0.25, -0.2) is 0 Å². The van der Waals surface area contributed by atoms with E-state index < -0.39 is 0 Å². The van der Waals surface area contributed by atoms with E-state index >= 15 is 0 Å². The summed E-state index contributed by atoms with van der Waals surface area (Å²) in [5, 5.41) is 11.4. The second kappa shape index (κ2) is 10.8. The molecule has 31 heavy (non-hydrogen) atoms. The summed E-state index contributed by atoms with van der Waals surface area (Å²) in [5.41, 5.74) is 3.35. The third-order valence-corrected chi connectivity index (χ3v) is 5.34. The number of guanidine groups is 1. The van der Waals surface area contributed by atoms with Gasteiger partial charge in [-0.05, 0) is 37.6 Å². The largest absolute Gasteiger partial charge is 0.369 e. The molecular weight excluding hydrogens is 527 g/mol. The number of halogens is 2. The fourth-order valence-electron chi connectivity index (χ4n) is 3.49. The summed E-state index contributed by atoms with van der Waals surface area (Å²) in [5.74, 6) is 1.72. The summed E-state index contributed by atoms with van der Waals surface area (Å²) in [6.45, 7) is 4.45. The number of nitrogens with zero attached hydrogens (tertiary/aromatic N) is 4. The van der Waals surface area contributed by atoms with Crippen molar-refractivity contribution >= 4 is 47.2 Å². The lowest BCUT2D eigenvalue weighted by Crippen LogP contribution is -2.44. The highest BCUT2D eigenvalue weighted by Crippen LogP contribution is 2.21. The van der Waals surface area contributed by atoms with Crippen LogP contribution in [0.5, 0.6) is 0 Å². The highest BCUT2D eigenvalue weighted by molar-refractivity contribution is 14.0. The van der Waals surface area contributed by atoms with Crippen molar-refractivity contribution in [1.82, 2.24) is 20.8 Å². The Labute approximate surface area is 204 Å². The summed E-state index contributed by atoms with van der Waals surface area (Å²) in [4.78, 5) is 11.1. The fraction of sp³-hybridized carbons (Fsp3) is 0.318. The lowest BCUT2D eigenvalue weighted by molar-refractivity contribution is 0.375. The molecule has 3 aromatic rings. The number of nitrogens with one attached hydrogen (secondary N) is 2. The van der Waals surface area contributed by atoms with E-state index in [0.29, 0.717) is 35.3 Å². The minimum absolute atomic E-state index is 0. The highest BCUT2D eigenvalue weighted by Gasteiger charge is 2.23. The molecule has 0 spiro atoms. The Kier molecular flexibility index (Phi) is 8.14. The molecule has 2 N–H and O–H groups in total. The van der Waals surface area contributed by atoms with Gasteiger partial charge in [-0.3, -0.25) is 4.99 Å². The Morgan fingerprint density at radius 2 is 2.06 bits per heavy atom. The van der Waals surface area contributed by atoms with Crippen LogP contribution in [0.2, 0.25) is 5.02 Å². The standard InChI is InChI=1S/C22H25ClN6O.HI/c1-15-6-8-19(9-7-15)29-11-10-18(14-29)26-22(24-2)25-13-20-27-21(28-30-20)16-4-3-5-17(23)12-16;/h3-9,12,18H,10-11,13-14H2,1-2H3,(H2,24,25,26);1H. The predicted octanol–water partition coefficient (Wildman–Crippen LogP) is 4.26. The summed E-state index contributed by atoms with van der Waals surface area (Å²) in [7, 11) is 1.76. The number of aryl methyl sites for hydroxylation is 1. The number of aliphatic imine (C=N–C) groups is 1. The molecule has 0 aliphatic carbocycles. The van der Waals surface area contributed by atoms with Gasteiger partial charge in [0.1, 0.15) is 0 Å². The molecule has 1 unspecified atom stereocenters. The molecule has 1 fully saturated rings. The lowest BCUT2D eigenvalue weighted by atomic mass is 10.2. The van der Waals surface area contributed by atoms with E-state index in [4.69, 9.17) is 16.1 Å². The van der Waals surface area contributed by atoms with Crippen LogP contribution in [-0.4, -0.2) is 42.3 Å². The molecule has 1 saturated heterocycles. The zero-order chi connectivity index (χ0) is 20.9. The molecule has 1 atom stereocenters. The Hall–Kier alpha value is -2.33. The molecule has 1 aliphatic heterocycles. The van der Waals surface area contributed by atoms with Crippen molar-refractivity contribution in [3.63, 3.8) is 0 Å². The van der Waals surface area contributed by atoms with Crippen LogP contribution in [0.4, 0.5) is 5.69 Å². The third kappa shape index (κ3) is 6.10. The first-order chi connectivity index (χ1) is 14.6. The third-order valence-electron chi connectivity index (χ3n) is 5.11. The molecule has 2 heterocycles. The van der Waals surface area contributed by atoms with Gasteiger partial charge in [0.2, 0.25) is 11.7 Å². The second-order valence-electron chi connectivity index (χ2n) is 7.36. The lowest BCUT2D eigenvalue weighted by Gasteiger charge is -2.20. The maximum atomic E-state index is 6.03. The Morgan fingerprint density at radius 3 is 2.81 bits per heavy atom. The summed E-state index contributed by atoms with van der Waals surface area (Å²) in [6, 6.07) is 16.4. The number of anilines is 1. The Bertz CT molecular complexity index is 1020. The van der Waals surface area contributed by atoms with Crippen molar-refractivity contribution in [2.45, 2.75) is 25.9 Å². The van der Waals surface area contributed by atoms with Crippen LogP contribution in [0.1, 0.15) is 17.9 Å². The molecule has 4 rings (SSSR count). The van der Waals surface area contributed by atoms with E-state index in [-0.39, 0.29) is 24.0 Å². The number of benzene rings is 2. The summed E-state index contributed by atoms with van der Waals surface area (Å²) < 4.78 is 5.35. The zero-order valence-electron chi connectivity index (χ0n) is 17.5. The topological polar surface area (TPSA) is 78.6 Å². The minimum Gasteiger partial charge on any atom is -0.369 e. The number of aromatic nitrogens is 2. The molecule has 0 amide bonds. The quantitative estimate of drug-likeness (QED) is 0.280. The molecule has 7 nitrogen and oxygen atoms in total. The van der Waals surface area contributed by atoms with E-state index in [1.165, 1.54) is 11.3 Å². The first-order valence-electron chi connectivity index (χ1n) is 9.98. The maximum absolute atomic E-state index is 6.03. The van der Waals surface area contributed by atoms with Crippen LogP contribution >= 0.6 is 35.6 Å². The van der Waals surface area contributed by atoms with Crippen LogP contribution in [0, 0.1) is 6.92 Å². The zero-order valence-corrected chi connectivity index (χ0v) is 20.6. The van der Waals surface area contributed by atoms with Gasteiger partial charge in [0, 0.05) is 42.5 Å². The molecule has 164 valence electrons. The summed E-state index contributed by atoms with van der Waals surface area (Å²) >= 11 is 6.03. The Balaban J connectivity index is 0.00000272. The van der Waals surface area contributed by atoms with E-state index in [9.17, 15) is 0 Å². The van der Waals surface area contributed by atoms with E-state index in [0.717, 1.165) is 25.1 Å². The van der Waals surface area contributed by atoms with Gasteiger partial charge in [-0.2, -0.15) is 4.98 Å². The molecule has 1 aliphatic rings. The average molecular weight is 553 g/mol. The highest BCUT2D eigenvalue weighted by atomic mass is 127.